The van der Waals surface area contributed by atoms with Crippen molar-refractivity contribution in [1.29, 1.82) is 0 Å². The Balaban J connectivity index is 1.73. The maximum Gasteiger partial charge on any atom is 0.248 e. The molecule has 26 heavy (non-hydrogen) atoms. The van der Waals surface area contributed by atoms with Gasteiger partial charge in [0.25, 0.3) is 0 Å². The molecule has 2 amide bonds. The first-order chi connectivity index (χ1) is 12.5. The summed E-state index contributed by atoms with van der Waals surface area (Å²) in [6.45, 7) is 3.35. The Morgan fingerprint density at radius 1 is 0.923 bits per heavy atom. The average molecular weight is 344 g/mol. The van der Waals surface area contributed by atoms with E-state index in [1.165, 1.54) is 13.0 Å². The molecule has 0 aliphatic carbocycles. The Labute approximate surface area is 152 Å². The van der Waals surface area contributed by atoms with Gasteiger partial charge in [-0.2, -0.15) is 0 Å². The van der Waals surface area contributed by atoms with Gasteiger partial charge in [-0.1, -0.05) is 42.5 Å². The molecule has 0 spiro atoms. The van der Waals surface area contributed by atoms with Gasteiger partial charge in [0.15, 0.2) is 0 Å². The van der Waals surface area contributed by atoms with Crippen LogP contribution in [0.15, 0.2) is 66.7 Å². The number of anilines is 2. The van der Waals surface area contributed by atoms with E-state index in [4.69, 9.17) is 0 Å². The molecule has 0 bridgehead atoms. The van der Waals surface area contributed by atoms with E-state index in [0.717, 1.165) is 27.6 Å². The number of aryl methyl sites for hydroxylation is 1. The predicted octanol–water partition coefficient (Wildman–Crippen LogP) is 4.76. The van der Waals surface area contributed by atoms with Crippen LogP contribution in [0.1, 0.15) is 18.1 Å². The first kappa shape index (κ1) is 17.4. The van der Waals surface area contributed by atoms with Crippen molar-refractivity contribution in [3.05, 3.63) is 77.9 Å². The molecule has 0 saturated heterocycles. The van der Waals surface area contributed by atoms with Crippen molar-refractivity contribution >= 4 is 40.0 Å². The standard InChI is InChI=1S/C22H20N2O2/c1-15-14-19(11-12-21(15)23-16(2)25)24-22(26)13-10-18-8-5-7-17-6-3-4-9-20(17)18/h3-14H,1-2H3,(H,23,25)(H,24,26)/b13-10+. The largest absolute Gasteiger partial charge is 0.326 e. The van der Waals surface area contributed by atoms with Gasteiger partial charge in [0, 0.05) is 24.4 Å². The van der Waals surface area contributed by atoms with Gasteiger partial charge in [-0.05, 0) is 53.1 Å². The van der Waals surface area contributed by atoms with Gasteiger partial charge in [0.2, 0.25) is 11.8 Å². The van der Waals surface area contributed by atoms with Crippen molar-refractivity contribution in [2.75, 3.05) is 10.6 Å². The quantitative estimate of drug-likeness (QED) is 0.671. The Hall–Kier alpha value is -3.40. The molecule has 0 unspecified atom stereocenters. The predicted molar refractivity (Wildman–Crippen MR) is 107 cm³/mol. The highest BCUT2D eigenvalue weighted by atomic mass is 16.2. The van der Waals surface area contributed by atoms with E-state index in [2.05, 4.69) is 10.6 Å². The Morgan fingerprint density at radius 3 is 2.46 bits per heavy atom. The number of hydrogen-bond donors (Lipinski definition) is 2. The topological polar surface area (TPSA) is 58.2 Å². The van der Waals surface area contributed by atoms with Gasteiger partial charge in [-0.15, -0.1) is 0 Å². The highest BCUT2D eigenvalue weighted by Crippen LogP contribution is 2.21. The van der Waals surface area contributed by atoms with Crippen LogP contribution in [0.5, 0.6) is 0 Å². The van der Waals surface area contributed by atoms with Gasteiger partial charge in [0.1, 0.15) is 0 Å². The van der Waals surface area contributed by atoms with Gasteiger partial charge in [-0.3, -0.25) is 9.59 Å². The molecule has 2 N–H and O–H groups in total. The van der Waals surface area contributed by atoms with Gasteiger partial charge in [0.05, 0.1) is 0 Å². The van der Waals surface area contributed by atoms with Crippen LogP contribution in [-0.2, 0) is 9.59 Å². The maximum absolute atomic E-state index is 12.2. The third-order valence-corrected chi connectivity index (χ3v) is 4.04. The van der Waals surface area contributed by atoms with Crippen molar-refractivity contribution in [2.24, 2.45) is 0 Å². The van der Waals surface area contributed by atoms with Crippen LogP contribution in [0, 0.1) is 6.92 Å². The van der Waals surface area contributed by atoms with E-state index in [1.54, 1.807) is 12.1 Å². The fourth-order valence-corrected chi connectivity index (χ4v) is 2.82. The molecular weight excluding hydrogens is 324 g/mol. The number of rotatable bonds is 4. The molecule has 0 aromatic heterocycles. The molecule has 3 aromatic carbocycles. The molecule has 0 heterocycles. The molecule has 0 atom stereocenters. The second-order valence-corrected chi connectivity index (χ2v) is 6.10. The zero-order valence-corrected chi connectivity index (χ0v) is 14.7. The van der Waals surface area contributed by atoms with Crippen molar-refractivity contribution < 1.29 is 9.59 Å². The first-order valence-electron chi connectivity index (χ1n) is 8.38. The van der Waals surface area contributed by atoms with Crippen LogP contribution >= 0.6 is 0 Å². The number of hydrogen-bond acceptors (Lipinski definition) is 2. The van der Waals surface area contributed by atoms with Crippen LogP contribution in [0.2, 0.25) is 0 Å². The molecule has 0 saturated carbocycles. The minimum absolute atomic E-state index is 0.122. The number of benzene rings is 3. The highest BCUT2D eigenvalue weighted by molar-refractivity contribution is 6.03. The Bertz CT molecular complexity index is 1000. The summed E-state index contributed by atoms with van der Waals surface area (Å²) in [5.74, 6) is -0.326. The minimum Gasteiger partial charge on any atom is -0.326 e. The van der Waals surface area contributed by atoms with Crippen molar-refractivity contribution in [3.8, 4) is 0 Å². The van der Waals surface area contributed by atoms with Crippen molar-refractivity contribution in [3.63, 3.8) is 0 Å². The van der Waals surface area contributed by atoms with Gasteiger partial charge in [-0.25, -0.2) is 0 Å². The molecule has 4 heteroatoms. The number of carbonyl (C=O) groups is 2. The smallest absolute Gasteiger partial charge is 0.248 e. The lowest BCUT2D eigenvalue weighted by atomic mass is 10.0. The Kier molecular flexibility index (Phi) is 5.13. The molecule has 130 valence electrons. The van der Waals surface area contributed by atoms with Crippen LogP contribution in [0.4, 0.5) is 11.4 Å². The molecular formula is C22H20N2O2. The summed E-state index contributed by atoms with van der Waals surface area (Å²) in [6.07, 6.45) is 3.34. The lowest BCUT2D eigenvalue weighted by Crippen LogP contribution is -2.10. The first-order valence-corrected chi connectivity index (χ1v) is 8.38. The summed E-state index contributed by atoms with van der Waals surface area (Å²) in [7, 11) is 0. The molecule has 0 aliphatic rings. The molecule has 3 rings (SSSR count). The lowest BCUT2D eigenvalue weighted by molar-refractivity contribution is -0.114. The molecule has 3 aromatic rings. The van der Waals surface area contributed by atoms with E-state index in [1.807, 2.05) is 61.5 Å². The van der Waals surface area contributed by atoms with E-state index in [9.17, 15) is 9.59 Å². The number of amides is 2. The summed E-state index contributed by atoms with van der Waals surface area (Å²) in [6, 6.07) is 19.4. The third kappa shape index (κ3) is 4.16. The zero-order chi connectivity index (χ0) is 18.5. The molecule has 0 radical (unpaired) electrons. The summed E-state index contributed by atoms with van der Waals surface area (Å²) >= 11 is 0. The highest BCUT2D eigenvalue weighted by Gasteiger charge is 2.04. The average Bonchev–Trinajstić information content (AvgIpc) is 2.62. The molecule has 0 aliphatic heterocycles. The fourth-order valence-electron chi connectivity index (χ4n) is 2.82. The number of nitrogens with one attached hydrogen (secondary N) is 2. The second kappa shape index (κ2) is 7.66. The van der Waals surface area contributed by atoms with Crippen molar-refractivity contribution in [2.45, 2.75) is 13.8 Å². The normalized spacial score (nSPS) is 10.8. The van der Waals surface area contributed by atoms with E-state index >= 15 is 0 Å². The van der Waals surface area contributed by atoms with Crippen LogP contribution in [0.25, 0.3) is 16.8 Å². The van der Waals surface area contributed by atoms with E-state index in [-0.39, 0.29) is 11.8 Å². The number of fused-ring (bicyclic) bond motifs is 1. The fraction of sp³-hybridized carbons (Fsp3) is 0.0909. The summed E-state index contributed by atoms with van der Waals surface area (Å²) in [4.78, 5) is 23.4. The summed E-state index contributed by atoms with van der Waals surface area (Å²) in [5.41, 5.74) is 3.30. The van der Waals surface area contributed by atoms with E-state index in [0.29, 0.717) is 5.69 Å². The summed E-state index contributed by atoms with van der Waals surface area (Å²) < 4.78 is 0. The SMILES string of the molecule is CC(=O)Nc1ccc(NC(=O)/C=C/c2cccc3ccccc23)cc1C. The van der Waals surface area contributed by atoms with Gasteiger partial charge >= 0.3 is 0 Å². The van der Waals surface area contributed by atoms with Gasteiger partial charge < -0.3 is 10.6 Å². The monoisotopic (exact) mass is 344 g/mol. The number of carbonyl (C=O) groups excluding carboxylic acids is 2. The molecule has 4 nitrogen and oxygen atoms in total. The van der Waals surface area contributed by atoms with Crippen LogP contribution < -0.4 is 10.6 Å². The summed E-state index contributed by atoms with van der Waals surface area (Å²) in [5, 5.41) is 7.84. The minimum atomic E-state index is -0.204. The lowest BCUT2D eigenvalue weighted by Gasteiger charge is -2.09. The molecule has 0 fully saturated rings. The Morgan fingerprint density at radius 2 is 1.69 bits per heavy atom. The third-order valence-electron chi connectivity index (χ3n) is 4.04. The maximum atomic E-state index is 12.2. The second-order valence-electron chi connectivity index (χ2n) is 6.10. The van der Waals surface area contributed by atoms with Crippen molar-refractivity contribution in [1.82, 2.24) is 0 Å². The zero-order valence-electron chi connectivity index (χ0n) is 14.7. The van der Waals surface area contributed by atoms with E-state index < -0.39 is 0 Å². The van der Waals surface area contributed by atoms with Crippen LogP contribution in [-0.4, -0.2) is 11.8 Å². The van der Waals surface area contributed by atoms with Crippen LogP contribution in [0.3, 0.4) is 0 Å².